The predicted octanol–water partition coefficient (Wildman–Crippen LogP) is -0.0931. The molecule has 10 heteroatoms. The summed E-state index contributed by atoms with van der Waals surface area (Å²) in [6.07, 6.45) is 0. The fourth-order valence-electron chi connectivity index (χ4n) is 2.35. The second kappa shape index (κ2) is 9.54. The average Bonchev–Trinajstić information content (AvgIpc) is 3.16. The first kappa shape index (κ1) is 22.7. The predicted molar refractivity (Wildman–Crippen MR) is 96.9 cm³/mol. The molecule has 4 radical (unpaired) electrons. The number of benzene rings is 1. The first-order valence-corrected chi connectivity index (χ1v) is 8.53. The first-order valence-electron chi connectivity index (χ1n) is 6.83. The van der Waals surface area contributed by atoms with Crippen LogP contribution in [-0.4, -0.2) is 42.3 Å². The molecule has 0 atom stereocenters. The van der Waals surface area contributed by atoms with Crippen LogP contribution in [0.5, 0.6) is 5.75 Å². The van der Waals surface area contributed by atoms with E-state index >= 15 is 0 Å². The van der Waals surface area contributed by atoms with Crippen LogP contribution in [0.15, 0.2) is 29.6 Å². The number of fused-ring (bicyclic) bond motifs is 1. The number of rotatable bonds is 6. The van der Waals surface area contributed by atoms with Gasteiger partial charge in [-0.05, 0) is 34.7 Å². The fourth-order valence-corrected chi connectivity index (χ4v) is 4.29. The topological polar surface area (TPSA) is 104 Å². The molecule has 26 heavy (non-hydrogen) atoms. The molecule has 0 aliphatic rings. The van der Waals surface area contributed by atoms with Gasteiger partial charge in [-0.25, -0.2) is 9.59 Å². The van der Waals surface area contributed by atoms with E-state index in [-0.39, 0.29) is 55.2 Å². The Morgan fingerprint density at radius 2 is 1.88 bits per heavy atom. The van der Waals surface area contributed by atoms with Crippen LogP contribution in [0, 0.1) is 0 Å². The monoisotopic (exact) mass is 398 g/mol. The van der Waals surface area contributed by atoms with Gasteiger partial charge in [-0.15, -0.1) is 22.7 Å². The summed E-state index contributed by atoms with van der Waals surface area (Å²) in [7, 11) is 0. The van der Waals surface area contributed by atoms with Gasteiger partial charge in [0, 0.05) is 15.0 Å². The molecule has 0 spiro atoms. The Kier molecular flexibility index (Phi) is 8.33. The van der Waals surface area contributed by atoms with Crippen LogP contribution in [0.4, 0.5) is 0 Å². The van der Waals surface area contributed by atoms with Crippen molar-refractivity contribution in [2.24, 2.45) is 0 Å². The zero-order valence-electron chi connectivity index (χ0n) is 13.8. The second-order valence-electron chi connectivity index (χ2n) is 4.89. The van der Waals surface area contributed by atoms with E-state index in [2.05, 4.69) is 0 Å². The number of aliphatic hydroxyl groups is 1. The summed E-state index contributed by atoms with van der Waals surface area (Å²) in [5.41, 5.74) is 1.67. The molecule has 0 unspecified atom stereocenters. The van der Waals surface area contributed by atoms with Crippen LogP contribution in [0.1, 0.15) is 15.2 Å². The van der Waals surface area contributed by atoms with Crippen molar-refractivity contribution in [3.8, 4) is 16.2 Å². The van der Waals surface area contributed by atoms with Crippen molar-refractivity contribution >= 4 is 53.1 Å². The van der Waals surface area contributed by atoms with Gasteiger partial charge in [0.2, 0.25) is 0 Å². The van der Waals surface area contributed by atoms with Gasteiger partial charge in [-0.1, -0.05) is 6.07 Å². The summed E-state index contributed by atoms with van der Waals surface area (Å²) in [6.45, 7) is -0.678. The van der Waals surface area contributed by atoms with Crippen molar-refractivity contribution in [1.82, 2.24) is 0 Å². The number of carboxylic acids is 2. The molecule has 0 fully saturated rings. The number of ether oxygens (including phenoxy) is 1. The average molecular weight is 398 g/mol. The Balaban J connectivity index is 0.00000169. The van der Waals surface area contributed by atoms with Crippen LogP contribution in [0.2, 0.25) is 0 Å². The molecule has 0 bridgehead atoms. The van der Waals surface area contributed by atoms with E-state index < -0.39 is 18.5 Å². The molecular formula is C16H12BNaO6S2. The van der Waals surface area contributed by atoms with E-state index in [9.17, 15) is 19.8 Å². The zero-order chi connectivity index (χ0) is 17.3. The minimum Gasteiger partial charge on any atom is -1.00 e. The molecule has 128 valence electrons. The Morgan fingerprint density at radius 1 is 1.15 bits per heavy atom. The maximum Gasteiger partial charge on any atom is 1.00 e. The number of hydrogen-bond acceptors (Lipinski definition) is 6. The minimum atomic E-state index is -1.17. The standard InChI is InChI=1S/C16H12O6S2.B.Na/c17-6-9-3-4-23-14(9)8-1-2-10-11(5-8)24-15(16(20)21)13(10)22-7-12(18)19;;/h1-5,17H,6-7H2,(H,18,19)(H,20,21);;/q;-1;+1. The van der Waals surface area contributed by atoms with Gasteiger partial charge in [0.25, 0.3) is 0 Å². The Morgan fingerprint density at radius 3 is 2.50 bits per heavy atom. The second-order valence-corrected chi connectivity index (χ2v) is 6.86. The molecule has 2 heterocycles. The number of aliphatic hydroxyl groups excluding tert-OH is 1. The molecule has 6 nitrogen and oxygen atoms in total. The van der Waals surface area contributed by atoms with Crippen LogP contribution in [0.3, 0.4) is 0 Å². The largest absolute Gasteiger partial charge is 1.00 e. The summed E-state index contributed by atoms with van der Waals surface area (Å²) in [5, 5.41) is 29.9. The number of carboxylic acid groups (broad SMARTS) is 2. The summed E-state index contributed by atoms with van der Waals surface area (Å²) < 4.78 is 5.86. The van der Waals surface area contributed by atoms with E-state index in [1.807, 2.05) is 17.5 Å². The van der Waals surface area contributed by atoms with Gasteiger partial charge in [0.05, 0.1) is 6.61 Å². The summed E-state index contributed by atoms with van der Waals surface area (Å²) in [5.74, 6) is -2.26. The molecule has 0 saturated heterocycles. The van der Waals surface area contributed by atoms with Gasteiger partial charge in [0.15, 0.2) is 17.2 Å². The number of thiophene rings is 2. The maximum atomic E-state index is 11.4. The molecular weight excluding hydrogens is 386 g/mol. The SMILES string of the molecule is O=C(O)COc1c(C(=O)O)sc2cc(-c3sccc3CO)ccc12.[B-].[Na+]. The van der Waals surface area contributed by atoms with E-state index in [4.69, 9.17) is 9.84 Å². The van der Waals surface area contributed by atoms with Gasteiger partial charge in [0.1, 0.15) is 0 Å². The van der Waals surface area contributed by atoms with Gasteiger partial charge >= 0.3 is 41.5 Å². The molecule has 0 saturated carbocycles. The van der Waals surface area contributed by atoms with Gasteiger partial charge in [-0.3, -0.25) is 0 Å². The van der Waals surface area contributed by atoms with E-state index in [0.29, 0.717) is 10.1 Å². The van der Waals surface area contributed by atoms with Crippen LogP contribution in [-0.2, 0) is 11.4 Å². The molecule has 3 aromatic rings. The Bertz CT molecular complexity index is 936. The van der Waals surface area contributed by atoms with Crippen molar-refractivity contribution in [3.63, 3.8) is 0 Å². The number of hydrogen-bond donors (Lipinski definition) is 3. The van der Waals surface area contributed by atoms with Crippen molar-refractivity contribution in [2.45, 2.75) is 6.61 Å². The van der Waals surface area contributed by atoms with Crippen LogP contribution >= 0.6 is 22.7 Å². The van der Waals surface area contributed by atoms with Crippen molar-refractivity contribution < 1.29 is 59.2 Å². The summed E-state index contributed by atoms with van der Waals surface area (Å²) in [4.78, 5) is 23.0. The third-order valence-electron chi connectivity index (χ3n) is 3.36. The smallest absolute Gasteiger partial charge is 1.00 e. The van der Waals surface area contributed by atoms with Gasteiger partial charge in [-0.2, -0.15) is 0 Å². The molecule has 3 rings (SSSR count). The zero-order valence-corrected chi connectivity index (χ0v) is 17.4. The normalized spacial score (nSPS) is 10.0. The molecule has 2 aromatic heterocycles. The maximum absolute atomic E-state index is 11.4. The third kappa shape index (κ3) is 4.48. The molecule has 0 amide bonds. The summed E-state index contributed by atoms with van der Waals surface area (Å²) >= 11 is 2.52. The van der Waals surface area contributed by atoms with Crippen molar-refractivity contribution in [2.75, 3.05) is 6.61 Å². The molecule has 0 aliphatic heterocycles. The van der Waals surface area contributed by atoms with E-state index in [1.165, 1.54) is 11.3 Å². The number of carbonyl (C=O) groups is 2. The van der Waals surface area contributed by atoms with Crippen LogP contribution in [0.25, 0.3) is 20.5 Å². The molecule has 0 aliphatic carbocycles. The Labute approximate surface area is 180 Å². The van der Waals surface area contributed by atoms with E-state index in [1.54, 1.807) is 12.1 Å². The minimum absolute atomic E-state index is 0. The number of aliphatic carboxylic acids is 1. The third-order valence-corrected chi connectivity index (χ3v) is 5.49. The Hall–Kier alpha value is -1.36. The molecule has 3 N–H and O–H groups in total. The summed E-state index contributed by atoms with van der Waals surface area (Å²) in [6, 6.07) is 7.18. The van der Waals surface area contributed by atoms with Gasteiger partial charge < -0.3 is 28.5 Å². The van der Waals surface area contributed by atoms with Crippen molar-refractivity contribution in [1.29, 1.82) is 0 Å². The van der Waals surface area contributed by atoms with Crippen molar-refractivity contribution in [3.05, 3.63) is 40.1 Å². The molecule has 1 aromatic carbocycles. The fraction of sp³-hybridized carbons (Fsp3) is 0.125. The first-order chi connectivity index (χ1) is 11.5. The van der Waals surface area contributed by atoms with E-state index in [0.717, 1.165) is 27.3 Å². The van der Waals surface area contributed by atoms with Crippen LogP contribution < -0.4 is 34.3 Å². The quantitative estimate of drug-likeness (QED) is 0.502. The number of aromatic carboxylic acids is 1.